The van der Waals surface area contributed by atoms with Crippen molar-refractivity contribution >= 4 is 43.9 Å². The van der Waals surface area contributed by atoms with Gasteiger partial charge in [-0.05, 0) is 18.6 Å². The molecular formula is C11H11Br2FN2O. The third-order valence-corrected chi connectivity index (χ3v) is 2.94. The minimum absolute atomic E-state index is 0. The number of halogens is 3. The molecular weight excluding hydrogens is 355 g/mol. The number of para-hydroxylation sites is 1. The topological polar surface area (TPSA) is 34.9 Å². The van der Waals surface area contributed by atoms with Gasteiger partial charge in [-0.3, -0.25) is 9.36 Å². The molecule has 0 aliphatic heterocycles. The largest absolute Gasteiger partial charge is 0.292 e. The van der Waals surface area contributed by atoms with Crippen molar-refractivity contribution in [1.82, 2.24) is 9.55 Å². The van der Waals surface area contributed by atoms with E-state index in [1.165, 1.54) is 10.6 Å². The van der Waals surface area contributed by atoms with Crippen LogP contribution < -0.4 is 5.56 Å². The number of aromatic nitrogens is 2. The van der Waals surface area contributed by atoms with Gasteiger partial charge < -0.3 is 0 Å². The Hall–Kier alpha value is -0.750. The molecule has 2 rings (SSSR count). The van der Waals surface area contributed by atoms with Gasteiger partial charge in [0.05, 0.1) is 11.0 Å². The Morgan fingerprint density at radius 2 is 2.18 bits per heavy atom. The van der Waals surface area contributed by atoms with E-state index in [1.54, 1.807) is 12.1 Å². The first-order valence-electron chi connectivity index (χ1n) is 4.93. The zero-order chi connectivity index (χ0) is 11.7. The first kappa shape index (κ1) is 14.3. The minimum Gasteiger partial charge on any atom is -0.292 e. The zero-order valence-corrected chi connectivity index (χ0v) is 12.4. The molecule has 1 aromatic heterocycles. The van der Waals surface area contributed by atoms with Crippen molar-refractivity contribution in [3.63, 3.8) is 0 Å². The minimum atomic E-state index is -0.427. The van der Waals surface area contributed by atoms with Crippen LogP contribution in [0.4, 0.5) is 4.39 Å². The van der Waals surface area contributed by atoms with Crippen LogP contribution >= 0.6 is 32.9 Å². The molecule has 0 radical (unpaired) electrons. The summed E-state index contributed by atoms with van der Waals surface area (Å²) in [6.07, 6.45) is 0.540. The number of rotatable bonds is 2. The molecule has 3 nitrogen and oxygen atoms in total. The molecule has 17 heavy (non-hydrogen) atoms. The molecule has 0 atom stereocenters. The van der Waals surface area contributed by atoms with Gasteiger partial charge in [-0.1, -0.05) is 28.9 Å². The molecule has 0 fully saturated rings. The summed E-state index contributed by atoms with van der Waals surface area (Å²) >= 11 is 3.20. The smallest absolute Gasteiger partial charge is 0.273 e. The van der Waals surface area contributed by atoms with Crippen LogP contribution in [0.1, 0.15) is 12.6 Å². The number of nitrogens with zero attached hydrogens (tertiary/aromatic N) is 2. The van der Waals surface area contributed by atoms with Crippen LogP contribution in [0.2, 0.25) is 0 Å². The summed E-state index contributed by atoms with van der Waals surface area (Å²) in [6, 6.07) is 4.62. The maximum Gasteiger partial charge on any atom is 0.273 e. The van der Waals surface area contributed by atoms with Gasteiger partial charge in [0.15, 0.2) is 0 Å². The van der Waals surface area contributed by atoms with E-state index in [9.17, 15) is 9.18 Å². The average molecular weight is 366 g/mol. The molecule has 6 heteroatoms. The van der Waals surface area contributed by atoms with Crippen molar-refractivity contribution < 1.29 is 4.39 Å². The number of hydrogen-bond donors (Lipinski definition) is 0. The Labute approximate surface area is 117 Å². The van der Waals surface area contributed by atoms with Crippen LogP contribution in [-0.2, 0) is 11.9 Å². The summed E-state index contributed by atoms with van der Waals surface area (Å²) < 4.78 is 15.0. The van der Waals surface area contributed by atoms with Crippen molar-refractivity contribution in [2.45, 2.75) is 18.8 Å². The number of benzene rings is 1. The maximum atomic E-state index is 13.6. The van der Waals surface area contributed by atoms with Gasteiger partial charge in [0.2, 0.25) is 0 Å². The van der Waals surface area contributed by atoms with Crippen molar-refractivity contribution in [2.75, 3.05) is 0 Å². The molecule has 92 valence electrons. The lowest BCUT2D eigenvalue weighted by Gasteiger charge is -2.09. The lowest BCUT2D eigenvalue weighted by atomic mass is 10.2. The molecule has 0 saturated carbocycles. The molecule has 1 heterocycles. The molecule has 0 amide bonds. The first-order valence-corrected chi connectivity index (χ1v) is 6.05. The number of alkyl halides is 1. The monoisotopic (exact) mass is 364 g/mol. The highest BCUT2D eigenvalue weighted by Crippen LogP contribution is 2.15. The molecule has 0 saturated heterocycles. The summed E-state index contributed by atoms with van der Waals surface area (Å²) in [5.74, 6) is -0.427. The molecule has 0 aliphatic rings. The molecule has 0 aliphatic carbocycles. The zero-order valence-electron chi connectivity index (χ0n) is 9.11. The Kier molecular flexibility index (Phi) is 4.82. The van der Waals surface area contributed by atoms with E-state index in [-0.39, 0.29) is 33.5 Å². The highest BCUT2D eigenvalue weighted by Gasteiger charge is 2.11. The summed E-state index contributed by atoms with van der Waals surface area (Å²) in [4.78, 5) is 16.1. The van der Waals surface area contributed by atoms with Gasteiger partial charge in [0, 0.05) is 0 Å². The second-order valence-corrected chi connectivity index (χ2v) is 3.87. The summed E-state index contributed by atoms with van der Waals surface area (Å²) in [6.45, 7) is 1.85. The predicted molar refractivity (Wildman–Crippen MR) is 74.6 cm³/mol. The van der Waals surface area contributed by atoms with Crippen molar-refractivity contribution in [1.29, 1.82) is 0 Å². The van der Waals surface area contributed by atoms with Gasteiger partial charge in [-0.2, -0.15) is 0 Å². The lowest BCUT2D eigenvalue weighted by molar-refractivity contribution is 0.627. The number of hydrogen-bond acceptors (Lipinski definition) is 2. The number of fused-ring (bicyclic) bond motifs is 1. The summed E-state index contributed by atoms with van der Waals surface area (Å²) in [5.41, 5.74) is 1.24. The average Bonchev–Trinajstić information content (AvgIpc) is 2.29. The third-order valence-electron chi connectivity index (χ3n) is 2.44. The molecule has 1 aromatic carbocycles. The second-order valence-electron chi connectivity index (χ2n) is 3.37. The van der Waals surface area contributed by atoms with E-state index in [0.717, 1.165) is 0 Å². The standard InChI is InChI=1S/C11H10BrFN2O.BrH/c1-2-8-11(16)15(6-12)10-7(13)4-3-5-9(10)14-8;/h3-5H,2,6H2,1H3;1H. The van der Waals surface area contributed by atoms with E-state index >= 15 is 0 Å². The van der Waals surface area contributed by atoms with Gasteiger partial charge in [0.1, 0.15) is 17.0 Å². The van der Waals surface area contributed by atoms with Crippen LogP contribution in [0.15, 0.2) is 23.0 Å². The highest BCUT2D eigenvalue weighted by atomic mass is 79.9. The maximum absolute atomic E-state index is 13.6. The van der Waals surface area contributed by atoms with E-state index < -0.39 is 5.82 Å². The molecule has 0 spiro atoms. The van der Waals surface area contributed by atoms with Crippen molar-refractivity contribution in [2.24, 2.45) is 0 Å². The van der Waals surface area contributed by atoms with Crippen LogP contribution in [0, 0.1) is 5.82 Å². The van der Waals surface area contributed by atoms with E-state index in [0.29, 0.717) is 17.6 Å². The molecule has 0 unspecified atom stereocenters. The van der Waals surface area contributed by atoms with E-state index in [1.807, 2.05) is 6.92 Å². The normalized spacial score (nSPS) is 10.3. The SMILES string of the molecule is Br.CCc1nc2cccc(F)c2n(CBr)c1=O. The molecule has 0 bridgehead atoms. The van der Waals surface area contributed by atoms with Crippen LogP contribution in [0.5, 0.6) is 0 Å². The predicted octanol–water partition coefficient (Wildman–Crippen LogP) is 3.03. The van der Waals surface area contributed by atoms with Crippen molar-refractivity contribution in [3.05, 3.63) is 40.1 Å². The van der Waals surface area contributed by atoms with Gasteiger partial charge >= 0.3 is 0 Å². The fourth-order valence-electron chi connectivity index (χ4n) is 1.66. The Bertz CT molecular complexity index is 598. The van der Waals surface area contributed by atoms with Crippen LogP contribution in [0.3, 0.4) is 0 Å². The first-order chi connectivity index (χ1) is 7.69. The van der Waals surface area contributed by atoms with Gasteiger partial charge in [-0.25, -0.2) is 9.37 Å². The fourth-order valence-corrected chi connectivity index (χ4v) is 2.13. The summed E-state index contributed by atoms with van der Waals surface area (Å²) in [5, 5.41) is 0. The molecule has 2 aromatic rings. The highest BCUT2D eigenvalue weighted by molar-refractivity contribution is 9.08. The summed E-state index contributed by atoms with van der Waals surface area (Å²) in [7, 11) is 0. The van der Waals surface area contributed by atoms with E-state index in [4.69, 9.17) is 0 Å². The second kappa shape index (κ2) is 5.73. The van der Waals surface area contributed by atoms with Crippen molar-refractivity contribution in [3.8, 4) is 0 Å². The lowest BCUT2D eigenvalue weighted by Crippen LogP contribution is -2.24. The number of aryl methyl sites for hydroxylation is 1. The van der Waals surface area contributed by atoms with Gasteiger partial charge in [0.25, 0.3) is 5.56 Å². The van der Waals surface area contributed by atoms with Gasteiger partial charge in [-0.15, -0.1) is 17.0 Å². The Morgan fingerprint density at radius 1 is 1.47 bits per heavy atom. The van der Waals surface area contributed by atoms with Crippen LogP contribution in [0.25, 0.3) is 11.0 Å². The third kappa shape index (κ3) is 2.42. The Balaban J connectivity index is 0.00000144. The fraction of sp³-hybridized carbons (Fsp3) is 0.273. The Morgan fingerprint density at radius 3 is 2.76 bits per heavy atom. The van der Waals surface area contributed by atoms with Crippen LogP contribution in [-0.4, -0.2) is 9.55 Å². The quantitative estimate of drug-likeness (QED) is 0.766. The molecule has 0 N–H and O–H groups in total. The van der Waals surface area contributed by atoms with E-state index in [2.05, 4.69) is 20.9 Å².